The van der Waals surface area contributed by atoms with Crippen molar-refractivity contribution in [3.63, 3.8) is 0 Å². The number of benzene rings is 9. The first-order valence-electron chi connectivity index (χ1n) is 16.3. The lowest BCUT2D eigenvalue weighted by atomic mass is 9.87. The lowest BCUT2D eigenvalue weighted by Crippen LogP contribution is -1.89. The Morgan fingerprint density at radius 1 is 0.298 bits per heavy atom. The molecule has 0 saturated heterocycles. The Bertz CT molecular complexity index is 2900. The maximum Gasteiger partial charge on any atom is 0.143 e. The van der Waals surface area contributed by atoms with Crippen molar-refractivity contribution < 1.29 is 4.42 Å². The number of hydrogen-bond acceptors (Lipinski definition) is 1. The first-order valence-corrected chi connectivity index (χ1v) is 16.3. The van der Waals surface area contributed by atoms with Gasteiger partial charge >= 0.3 is 0 Å². The molecular formula is C46H26O. The van der Waals surface area contributed by atoms with E-state index in [1.165, 1.54) is 82.2 Å². The van der Waals surface area contributed by atoms with Crippen molar-refractivity contribution in [3.8, 4) is 44.5 Å². The fourth-order valence-electron chi connectivity index (χ4n) is 8.12. The van der Waals surface area contributed by atoms with Gasteiger partial charge in [-0.15, -0.1) is 0 Å². The SMILES string of the molecule is c1ccc2cc(-c3ccc4c(-c5c6ccccc6c(-c6ccc7oc8c9ccccc9ccc8c7c6)c6ccccc56)c3-4)ccc2c1. The summed E-state index contributed by atoms with van der Waals surface area (Å²) >= 11 is 0. The van der Waals surface area contributed by atoms with E-state index < -0.39 is 0 Å². The molecule has 1 heterocycles. The lowest BCUT2D eigenvalue weighted by molar-refractivity contribution is 0.672. The molecular weight excluding hydrogens is 569 g/mol. The Hall–Kier alpha value is -6.18. The monoisotopic (exact) mass is 594 g/mol. The predicted molar refractivity (Wildman–Crippen MR) is 199 cm³/mol. The van der Waals surface area contributed by atoms with E-state index in [4.69, 9.17) is 4.42 Å². The molecule has 0 spiro atoms. The second-order valence-electron chi connectivity index (χ2n) is 12.8. The third-order valence-corrected chi connectivity index (χ3v) is 10.3. The maximum atomic E-state index is 6.49. The summed E-state index contributed by atoms with van der Waals surface area (Å²) in [5, 5.41) is 12.3. The molecule has 0 N–H and O–H groups in total. The van der Waals surface area contributed by atoms with Gasteiger partial charge in [-0.05, 0) is 106 Å². The minimum Gasteiger partial charge on any atom is -0.455 e. The Morgan fingerprint density at radius 3 is 1.66 bits per heavy atom. The van der Waals surface area contributed by atoms with E-state index in [9.17, 15) is 0 Å². The molecule has 1 heteroatoms. The van der Waals surface area contributed by atoms with Crippen LogP contribution in [0.4, 0.5) is 0 Å². The van der Waals surface area contributed by atoms with E-state index in [1.54, 1.807) is 0 Å². The molecule has 47 heavy (non-hydrogen) atoms. The van der Waals surface area contributed by atoms with E-state index in [2.05, 4.69) is 158 Å². The molecule has 0 fully saturated rings. The number of hydrogen-bond donors (Lipinski definition) is 0. The van der Waals surface area contributed by atoms with Gasteiger partial charge in [-0.25, -0.2) is 0 Å². The van der Waals surface area contributed by atoms with Crippen molar-refractivity contribution in [2.24, 2.45) is 0 Å². The van der Waals surface area contributed by atoms with Gasteiger partial charge in [-0.1, -0.05) is 133 Å². The number of fused-ring (bicyclic) bond motifs is 9. The Kier molecular flexibility index (Phi) is 4.90. The van der Waals surface area contributed by atoms with E-state index in [1.807, 2.05) is 0 Å². The van der Waals surface area contributed by atoms with Gasteiger partial charge in [-0.2, -0.15) is 0 Å². The van der Waals surface area contributed by atoms with Crippen LogP contribution < -0.4 is 0 Å². The predicted octanol–water partition coefficient (Wildman–Crippen LogP) is 13.2. The molecule has 11 rings (SSSR count). The smallest absolute Gasteiger partial charge is 0.143 e. The highest BCUT2D eigenvalue weighted by Crippen LogP contribution is 2.60. The standard InChI is InChI=1S/C46H26O/c1-2-11-29-25-30(18-17-27(29)9-1)32-22-23-39-43(32)45(39)44-36-15-7-5-13-34(36)42(35-14-6-8-16-37(35)44)31-20-24-41-40(26-31)38-21-19-28-10-3-4-12-33(28)46(38)47-41/h1-26H. The van der Waals surface area contributed by atoms with Crippen LogP contribution in [0.1, 0.15) is 0 Å². The highest BCUT2D eigenvalue weighted by molar-refractivity contribution is 6.29. The second-order valence-corrected chi connectivity index (χ2v) is 12.8. The van der Waals surface area contributed by atoms with Gasteiger partial charge in [0.15, 0.2) is 0 Å². The van der Waals surface area contributed by atoms with Crippen LogP contribution in [0.15, 0.2) is 162 Å². The average Bonchev–Trinajstić information content (AvgIpc) is 3.45. The van der Waals surface area contributed by atoms with Crippen LogP contribution in [0.25, 0.3) is 110 Å². The Labute approximate surface area is 270 Å². The highest BCUT2D eigenvalue weighted by Gasteiger charge is 2.33. The van der Waals surface area contributed by atoms with E-state index >= 15 is 0 Å². The summed E-state index contributed by atoms with van der Waals surface area (Å²) in [6.45, 7) is 0. The lowest BCUT2D eigenvalue weighted by Gasteiger charge is -2.16. The van der Waals surface area contributed by atoms with Crippen LogP contribution in [-0.2, 0) is 0 Å². The maximum absolute atomic E-state index is 6.49. The Balaban J connectivity index is 1.15. The van der Waals surface area contributed by atoms with Crippen molar-refractivity contribution in [1.82, 2.24) is 0 Å². The molecule has 9 aromatic rings. The highest BCUT2D eigenvalue weighted by atomic mass is 16.3. The van der Waals surface area contributed by atoms with E-state index in [0.29, 0.717) is 0 Å². The summed E-state index contributed by atoms with van der Waals surface area (Å²) in [5.74, 6) is 0. The van der Waals surface area contributed by atoms with Crippen LogP contribution >= 0.6 is 0 Å². The van der Waals surface area contributed by atoms with Gasteiger partial charge in [0.25, 0.3) is 0 Å². The van der Waals surface area contributed by atoms with Crippen LogP contribution in [-0.4, -0.2) is 0 Å². The first kappa shape index (κ1) is 25.1. The van der Waals surface area contributed by atoms with Gasteiger partial charge in [0, 0.05) is 16.2 Å². The minimum atomic E-state index is 0.919. The van der Waals surface area contributed by atoms with E-state index in [0.717, 1.165) is 27.3 Å². The van der Waals surface area contributed by atoms with Crippen LogP contribution in [0.3, 0.4) is 0 Å². The van der Waals surface area contributed by atoms with Gasteiger partial charge in [0.05, 0.1) is 0 Å². The largest absolute Gasteiger partial charge is 0.455 e. The average molecular weight is 595 g/mol. The number of rotatable bonds is 3. The third-order valence-electron chi connectivity index (χ3n) is 10.3. The minimum absolute atomic E-state index is 0.919. The molecule has 1 nitrogen and oxygen atoms in total. The molecule has 2 aliphatic rings. The third kappa shape index (κ3) is 3.49. The molecule has 0 unspecified atom stereocenters. The van der Waals surface area contributed by atoms with Crippen LogP contribution in [0.2, 0.25) is 0 Å². The molecule has 2 aliphatic carbocycles. The van der Waals surface area contributed by atoms with Crippen molar-refractivity contribution in [3.05, 3.63) is 158 Å². The van der Waals surface area contributed by atoms with Gasteiger partial charge in [-0.3, -0.25) is 0 Å². The summed E-state index contributed by atoms with van der Waals surface area (Å²) in [6, 6.07) is 57.6. The van der Waals surface area contributed by atoms with E-state index in [-0.39, 0.29) is 0 Å². The molecule has 0 atom stereocenters. The van der Waals surface area contributed by atoms with Gasteiger partial charge in [0.1, 0.15) is 11.2 Å². The van der Waals surface area contributed by atoms with Gasteiger partial charge < -0.3 is 4.42 Å². The molecule has 0 aliphatic heterocycles. The summed E-state index contributed by atoms with van der Waals surface area (Å²) in [6.07, 6.45) is 0. The molecule has 0 bridgehead atoms. The second kappa shape index (κ2) is 9.19. The van der Waals surface area contributed by atoms with Gasteiger partial charge in [0.2, 0.25) is 0 Å². The zero-order chi connectivity index (χ0) is 30.6. The van der Waals surface area contributed by atoms with Crippen LogP contribution in [0.5, 0.6) is 0 Å². The van der Waals surface area contributed by atoms with Crippen molar-refractivity contribution >= 4 is 65.0 Å². The first-order chi connectivity index (χ1) is 23.3. The summed E-state index contributed by atoms with van der Waals surface area (Å²) in [4.78, 5) is 0. The molecule has 216 valence electrons. The summed E-state index contributed by atoms with van der Waals surface area (Å²) < 4.78 is 6.49. The molecule has 0 amide bonds. The fourth-order valence-corrected chi connectivity index (χ4v) is 8.12. The summed E-state index contributed by atoms with van der Waals surface area (Å²) in [5.41, 5.74) is 12.4. The quantitative estimate of drug-likeness (QED) is 0.186. The molecule has 1 aromatic heterocycles. The molecule has 8 aromatic carbocycles. The topological polar surface area (TPSA) is 13.1 Å². The van der Waals surface area contributed by atoms with Crippen molar-refractivity contribution in [1.29, 1.82) is 0 Å². The zero-order valence-electron chi connectivity index (χ0n) is 25.4. The van der Waals surface area contributed by atoms with Crippen molar-refractivity contribution in [2.75, 3.05) is 0 Å². The zero-order valence-corrected chi connectivity index (χ0v) is 25.4. The number of furan rings is 1. The normalized spacial score (nSPS) is 12.3. The Morgan fingerprint density at radius 2 is 0.894 bits per heavy atom. The molecule has 0 saturated carbocycles. The van der Waals surface area contributed by atoms with Crippen molar-refractivity contribution in [2.45, 2.75) is 0 Å². The van der Waals surface area contributed by atoms with Crippen LogP contribution in [0, 0.1) is 0 Å². The fraction of sp³-hybridized carbons (Fsp3) is 0. The molecule has 0 radical (unpaired) electrons. The summed E-state index contributed by atoms with van der Waals surface area (Å²) in [7, 11) is 0.